The number of nitrogens with zero attached hydrogens (tertiary/aromatic N) is 9. The summed E-state index contributed by atoms with van der Waals surface area (Å²) in [6.07, 6.45) is 4.24. The van der Waals surface area contributed by atoms with E-state index in [2.05, 4.69) is 79.6 Å². The molecule has 2 unspecified atom stereocenters. The Hall–Kier alpha value is -6.10. The molecule has 6 aliphatic rings. The fourth-order valence-electron chi connectivity index (χ4n) is 10.0. The molecule has 6 aliphatic heterocycles. The number of carboxylic acids is 1. The van der Waals surface area contributed by atoms with Crippen LogP contribution in [0.2, 0.25) is 0 Å². The molecule has 0 radical (unpaired) electrons. The minimum absolute atomic E-state index is 0.00694. The second kappa shape index (κ2) is 29.6. The summed E-state index contributed by atoms with van der Waals surface area (Å²) in [6, 6.07) is 19.6. The number of aromatic nitrogens is 3. The third kappa shape index (κ3) is 18.2. The Morgan fingerprint density at radius 3 is 1.37 bits per heavy atom. The number of carbonyl (C=O) groups excluding carboxylic acids is 2. The van der Waals surface area contributed by atoms with E-state index in [1.165, 1.54) is 96.3 Å². The highest BCUT2D eigenvalue weighted by Gasteiger charge is 2.38. The molecule has 12 rings (SSSR count). The summed E-state index contributed by atoms with van der Waals surface area (Å²) in [7, 11) is 0. The molecule has 2 atom stereocenters. The van der Waals surface area contributed by atoms with Crippen molar-refractivity contribution in [2.45, 2.75) is 143 Å². The minimum atomic E-state index is -1.02. The number of azide groups is 1. The van der Waals surface area contributed by atoms with Gasteiger partial charge < -0.3 is 25.2 Å². The van der Waals surface area contributed by atoms with Crippen LogP contribution in [0.4, 0.5) is 18.0 Å². The van der Waals surface area contributed by atoms with Crippen LogP contribution in [0.15, 0.2) is 94.1 Å². The highest BCUT2D eigenvalue weighted by Crippen LogP contribution is 2.35. The number of halogens is 3. The van der Waals surface area contributed by atoms with Gasteiger partial charge in [-0.05, 0) is 223 Å². The zero-order chi connectivity index (χ0) is 60.8. The third-order valence-corrected chi connectivity index (χ3v) is 18.2. The van der Waals surface area contributed by atoms with E-state index in [9.17, 15) is 32.7 Å². The number of amides is 2. The third-order valence-electron chi connectivity index (χ3n) is 15.5. The Balaban J connectivity index is 0.000000177. The molecule has 6 saturated heterocycles. The average molecular weight is 1200 g/mol. The van der Waals surface area contributed by atoms with E-state index in [4.69, 9.17) is 15.4 Å². The first kappa shape index (κ1) is 66.0. The quantitative estimate of drug-likeness (QED) is 0.0560. The van der Waals surface area contributed by atoms with Crippen LogP contribution in [0.25, 0.3) is 42.2 Å². The topological polar surface area (TPSA) is 210 Å². The van der Waals surface area contributed by atoms with Gasteiger partial charge in [0.05, 0.1) is 34.1 Å². The summed E-state index contributed by atoms with van der Waals surface area (Å²) in [5.74, 6) is -1.28. The number of thiazole rings is 3. The van der Waals surface area contributed by atoms with Crippen LogP contribution in [0.5, 0.6) is 0 Å². The number of nitrogens with one attached hydrogen (secondary N) is 1. The van der Waals surface area contributed by atoms with Gasteiger partial charge in [-0.25, -0.2) is 32.9 Å². The van der Waals surface area contributed by atoms with E-state index in [-0.39, 0.29) is 29.7 Å². The number of fused-ring (bicyclic) bond motifs is 6. The lowest BCUT2D eigenvalue weighted by molar-refractivity contribution is -0.142. The molecule has 448 valence electrons. The van der Waals surface area contributed by atoms with Gasteiger partial charge in [-0.2, -0.15) is 0 Å². The molecule has 0 spiro atoms. The van der Waals surface area contributed by atoms with Crippen molar-refractivity contribution in [3.05, 3.63) is 134 Å². The Morgan fingerprint density at radius 1 is 0.675 bits per heavy atom. The van der Waals surface area contributed by atoms with Gasteiger partial charge in [-0.15, -0.1) is 34.0 Å². The smallest absolute Gasteiger partial charge is 0.408 e. The van der Waals surface area contributed by atoms with Crippen molar-refractivity contribution in [2.24, 2.45) is 17.0 Å². The number of aliphatic carboxylic acids is 1. The molecule has 9 heterocycles. The van der Waals surface area contributed by atoms with Crippen molar-refractivity contribution >= 4 is 52.0 Å². The van der Waals surface area contributed by atoms with E-state index in [1.807, 2.05) is 19.2 Å². The van der Waals surface area contributed by atoms with Crippen LogP contribution in [0.1, 0.15) is 119 Å². The maximum absolute atomic E-state index is 13.1. The minimum Gasteiger partial charge on any atom is -0.481 e. The molecule has 3 N–H and O–H groups in total. The van der Waals surface area contributed by atoms with Gasteiger partial charge in [0.1, 0.15) is 44.0 Å². The Morgan fingerprint density at radius 2 is 1.06 bits per heavy atom. The highest BCUT2D eigenvalue weighted by atomic mass is 32.1. The maximum Gasteiger partial charge on any atom is 0.408 e. The number of piperidine rings is 6. The first-order valence-corrected chi connectivity index (χ1v) is 30.7. The highest BCUT2D eigenvalue weighted by molar-refractivity contribution is 7.13. The zero-order valence-corrected chi connectivity index (χ0v) is 51.8. The van der Waals surface area contributed by atoms with Crippen LogP contribution in [-0.2, 0) is 30.7 Å². The Bertz CT molecular complexity index is 3080. The number of alkyl carbamates (subject to hydrolysis) is 1. The molecular weight excluding hydrogens is 1120 g/mol. The summed E-state index contributed by atoms with van der Waals surface area (Å²) < 4.78 is 44.5. The summed E-state index contributed by atoms with van der Waals surface area (Å²) in [5, 5.41) is 32.1. The summed E-state index contributed by atoms with van der Waals surface area (Å²) in [5.41, 5.74) is 9.90. The number of aliphatic hydroxyl groups excluding tert-OH is 1. The van der Waals surface area contributed by atoms with Crippen LogP contribution in [-0.4, -0.2) is 128 Å². The SMILES string of the molecule is CC(C)(C(=O)N=[N+]=[N-])c1csc(-c2ccc(F)cc2)n1.CC(C)(C(=O)O)c1csc(-c2ccc(F)cc2)n1.CC(C)(NC(=O)OC1CN2CCC1CC2)c1csc(-c2ccc(F)cc2)n1.CCN(C(C)C)C(C)C.OC1CN2CCC1CC2. The van der Waals surface area contributed by atoms with Gasteiger partial charge >= 0.3 is 12.1 Å². The molecule has 16 nitrogen and oxygen atoms in total. The number of rotatable bonds is 13. The lowest BCUT2D eigenvalue weighted by Crippen LogP contribution is -2.53. The van der Waals surface area contributed by atoms with Gasteiger partial charge in [0.15, 0.2) is 0 Å². The van der Waals surface area contributed by atoms with Crippen LogP contribution in [0, 0.1) is 29.3 Å². The van der Waals surface area contributed by atoms with E-state index in [0.29, 0.717) is 45.3 Å². The van der Waals surface area contributed by atoms with Crippen molar-refractivity contribution in [1.82, 2.24) is 35.0 Å². The second-order valence-corrected chi connectivity index (χ2v) is 25.8. The molecule has 22 heteroatoms. The fraction of sp³-hybridized carbons (Fsp3) is 0.508. The fourth-order valence-corrected chi connectivity index (χ4v) is 13.0. The van der Waals surface area contributed by atoms with Crippen LogP contribution in [0.3, 0.4) is 0 Å². The average Bonchev–Trinajstić information content (AvgIpc) is 4.51. The largest absolute Gasteiger partial charge is 0.481 e. The summed E-state index contributed by atoms with van der Waals surface area (Å²) >= 11 is 4.18. The number of aliphatic hydroxyl groups is 1. The van der Waals surface area contributed by atoms with E-state index in [0.717, 1.165) is 73.0 Å². The van der Waals surface area contributed by atoms with E-state index in [1.54, 1.807) is 74.9 Å². The first-order valence-electron chi connectivity index (χ1n) is 28.1. The van der Waals surface area contributed by atoms with Gasteiger partial charge in [0.25, 0.3) is 0 Å². The number of hydrogen-bond acceptors (Lipinski definition) is 14. The molecule has 3 aromatic carbocycles. The number of ether oxygens (including phenoxy) is 1. The molecule has 0 aliphatic carbocycles. The zero-order valence-electron chi connectivity index (χ0n) is 49.3. The van der Waals surface area contributed by atoms with Crippen molar-refractivity contribution in [3.8, 4) is 31.7 Å². The predicted octanol–water partition coefficient (Wildman–Crippen LogP) is 13.6. The normalized spacial score (nSPS) is 19.8. The van der Waals surface area contributed by atoms with Crippen molar-refractivity contribution in [1.29, 1.82) is 0 Å². The molecule has 3 aromatic heterocycles. The van der Waals surface area contributed by atoms with Crippen molar-refractivity contribution < 1.29 is 42.5 Å². The van der Waals surface area contributed by atoms with Gasteiger partial charge in [0.2, 0.25) is 5.91 Å². The van der Waals surface area contributed by atoms with Crippen molar-refractivity contribution in [3.63, 3.8) is 0 Å². The van der Waals surface area contributed by atoms with Gasteiger partial charge in [-0.1, -0.05) is 6.92 Å². The van der Waals surface area contributed by atoms with E-state index < -0.39 is 34.3 Å². The predicted molar refractivity (Wildman–Crippen MR) is 324 cm³/mol. The maximum atomic E-state index is 13.1. The molecule has 83 heavy (non-hydrogen) atoms. The molecule has 2 amide bonds. The van der Waals surface area contributed by atoms with Crippen LogP contribution >= 0.6 is 34.0 Å². The molecule has 0 saturated carbocycles. The first-order chi connectivity index (χ1) is 39.2. The lowest BCUT2D eigenvalue weighted by Gasteiger charge is -2.44. The molecule has 4 bridgehead atoms. The lowest BCUT2D eigenvalue weighted by atomic mass is 9.86. The second-order valence-electron chi connectivity index (χ2n) is 23.2. The van der Waals surface area contributed by atoms with Crippen LogP contribution < -0.4 is 5.32 Å². The van der Waals surface area contributed by atoms with E-state index >= 15 is 0 Å². The summed E-state index contributed by atoms with van der Waals surface area (Å²) in [4.78, 5) is 58.4. The summed E-state index contributed by atoms with van der Waals surface area (Å²) in [6.45, 7) is 29.1. The Kier molecular flexibility index (Phi) is 23.6. The Labute approximate surface area is 497 Å². The van der Waals surface area contributed by atoms with Crippen molar-refractivity contribution in [2.75, 3.05) is 45.8 Å². The molecule has 6 aromatic rings. The number of carboxylic acid groups (broad SMARTS) is 1. The van der Waals surface area contributed by atoms with Gasteiger partial charge in [0, 0.05) is 62.9 Å². The number of carbonyl (C=O) groups is 3. The molecular formula is C61H79F3N10O6S3. The monoisotopic (exact) mass is 1200 g/mol. The standard InChI is InChI=1S/C20H24FN3O2S.C13H11FN4OS.C13H12FNO2S.C8H19N.C7H13NO/c1-20(2,17-12-27-18(22-17)14-3-5-15(21)6-4-14)23-19(25)26-16-11-24-9-7-13(16)8-10-24;1-13(2,12(19)17-18-15)10-7-20-11(16-10)8-3-5-9(14)6-4-8;1-13(2,12(16)17)10-7-18-11(15-10)8-3-5-9(14)6-4-8;1-6-9(7(2)3)8(4)5;9-7-5-8-3-1-6(7)2-4-8/h3-6,12-13,16H,7-11H2,1-2H3,(H,23,25);3-7H,1-2H3;3-7H,1-2H3,(H,16,17);7-8H,6H2,1-5H3;6-7,9H,1-5H2. The molecule has 6 fully saturated rings. The number of hydrogen-bond donors (Lipinski definition) is 3. The number of benzene rings is 3. The van der Waals surface area contributed by atoms with Gasteiger partial charge in [-0.3, -0.25) is 19.4 Å².